The van der Waals surface area contributed by atoms with Gasteiger partial charge >= 0.3 is 0 Å². The maximum Gasteiger partial charge on any atom is 0.137 e. The highest BCUT2D eigenvalue weighted by molar-refractivity contribution is 5.85. The van der Waals surface area contributed by atoms with Gasteiger partial charge in [0, 0.05) is 32.2 Å². The average Bonchev–Trinajstić information content (AvgIpc) is 2.65. The maximum absolute atomic E-state index is 4.20. The van der Waals surface area contributed by atoms with Crippen LogP contribution in [-0.2, 0) is 0 Å². The van der Waals surface area contributed by atoms with Gasteiger partial charge in [-0.1, -0.05) is 0 Å². The summed E-state index contributed by atoms with van der Waals surface area (Å²) in [5.41, 5.74) is 0. The van der Waals surface area contributed by atoms with E-state index in [1.165, 1.54) is 13.0 Å². The summed E-state index contributed by atoms with van der Waals surface area (Å²) >= 11 is 0. The zero-order valence-corrected chi connectivity index (χ0v) is 9.36. The van der Waals surface area contributed by atoms with Gasteiger partial charge in [-0.25, -0.2) is 9.67 Å². The molecule has 15 heavy (non-hydrogen) atoms. The molecule has 0 radical (unpaired) electrons. The Balaban J connectivity index is 0.000000853. The van der Waals surface area contributed by atoms with Crippen molar-refractivity contribution in [2.75, 3.05) is 26.2 Å². The Bertz CT molecular complexity index is 297. The van der Waals surface area contributed by atoms with Crippen molar-refractivity contribution in [1.29, 1.82) is 0 Å². The lowest BCUT2D eigenvalue weighted by Crippen LogP contribution is -2.56. The normalized spacial score (nSPS) is 27.3. The minimum atomic E-state index is 0. The van der Waals surface area contributed by atoms with E-state index in [4.69, 9.17) is 0 Å². The molecule has 0 amide bonds. The van der Waals surface area contributed by atoms with Crippen molar-refractivity contribution in [2.24, 2.45) is 0 Å². The number of hydrogen-bond acceptors (Lipinski definition) is 4. The van der Waals surface area contributed by atoms with Crippen LogP contribution in [-0.4, -0.2) is 51.9 Å². The second-order valence-electron chi connectivity index (χ2n) is 4.12. The van der Waals surface area contributed by atoms with Crippen molar-refractivity contribution in [3.8, 4) is 0 Å². The first-order chi connectivity index (χ1) is 6.93. The van der Waals surface area contributed by atoms with Crippen molar-refractivity contribution < 1.29 is 0 Å². The summed E-state index contributed by atoms with van der Waals surface area (Å²) in [5, 5.41) is 7.51. The Kier molecular flexibility index (Phi) is 3.23. The third kappa shape index (κ3) is 2.00. The highest BCUT2D eigenvalue weighted by Crippen LogP contribution is 2.23. The molecule has 1 atom stereocenters. The molecule has 1 N–H and O–H groups in total. The molecule has 0 spiro atoms. The van der Waals surface area contributed by atoms with Crippen molar-refractivity contribution in [3.63, 3.8) is 0 Å². The number of rotatable bonds is 2. The molecule has 1 aromatic rings. The van der Waals surface area contributed by atoms with Gasteiger partial charge in [-0.15, -0.1) is 12.4 Å². The van der Waals surface area contributed by atoms with Crippen molar-refractivity contribution >= 4 is 12.4 Å². The van der Waals surface area contributed by atoms with Gasteiger partial charge < -0.3 is 5.32 Å². The number of likely N-dealkylation sites (tertiary alicyclic amines) is 1. The number of nitrogens with one attached hydrogen (secondary N) is 1. The molecule has 2 aliphatic rings. The maximum atomic E-state index is 4.20. The smallest absolute Gasteiger partial charge is 0.137 e. The fourth-order valence-electron chi connectivity index (χ4n) is 2.25. The lowest BCUT2D eigenvalue weighted by atomic mass is 10.1. The number of halogens is 1. The van der Waals surface area contributed by atoms with E-state index in [9.17, 15) is 0 Å². The van der Waals surface area contributed by atoms with Gasteiger partial charge in [0.1, 0.15) is 12.7 Å². The highest BCUT2D eigenvalue weighted by atomic mass is 35.5. The minimum Gasteiger partial charge on any atom is -0.314 e. The molecule has 1 unspecified atom stereocenters. The van der Waals surface area contributed by atoms with Crippen molar-refractivity contribution in [2.45, 2.75) is 18.5 Å². The van der Waals surface area contributed by atoms with Gasteiger partial charge in [-0.3, -0.25) is 4.90 Å². The van der Waals surface area contributed by atoms with Crippen LogP contribution >= 0.6 is 12.4 Å². The predicted molar refractivity (Wildman–Crippen MR) is 59.2 cm³/mol. The van der Waals surface area contributed by atoms with Crippen LogP contribution in [0, 0.1) is 0 Å². The molecular formula is C9H16ClN5. The molecule has 0 aliphatic carbocycles. The standard InChI is InChI=1S/C9H15N5.ClH/c1-2-13(9-3-10-4-9)5-8(1)14-7-11-6-12-14;/h6-10H,1-5H2;1H. The highest BCUT2D eigenvalue weighted by Gasteiger charge is 2.32. The molecular weight excluding hydrogens is 214 g/mol. The summed E-state index contributed by atoms with van der Waals surface area (Å²) in [4.78, 5) is 6.55. The molecule has 2 fully saturated rings. The summed E-state index contributed by atoms with van der Waals surface area (Å²) in [6.45, 7) is 4.65. The first-order valence-corrected chi connectivity index (χ1v) is 5.22. The van der Waals surface area contributed by atoms with Crippen LogP contribution in [0.5, 0.6) is 0 Å². The SMILES string of the molecule is Cl.c1ncn(C2CCN(C3CNC3)C2)n1. The molecule has 6 heteroatoms. The van der Waals surface area contributed by atoms with Gasteiger partial charge in [-0.2, -0.15) is 5.10 Å². The van der Waals surface area contributed by atoms with E-state index in [1.807, 2.05) is 11.0 Å². The molecule has 2 saturated heterocycles. The summed E-state index contributed by atoms with van der Waals surface area (Å²) in [5.74, 6) is 0. The molecule has 3 rings (SSSR count). The Labute approximate surface area is 95.3 Å². The van der Waals surface area contributed by atoms with E-state index >= 15 is 0 Å². The molecule has 0 aromatic carbocycles. The first kappa shape index (κ1) is 10.9. The van der Waals surface area contributed by atoms with Gasteiger partial charge in [-0.05, 0) is 6.42 Å². The van der Waals surface area contributed by atoms with Gasteiger partial charge in [0.15, 0.2) is 0 Å². The summed E-state index contributed by atoms with van der Waals surface area (Å²) in [6, 6.07) is 1.31. The number of aromatic nitrogens is 3. The molecule has 1 aromatic heterocycles. The van der Waals surface area contributed by atoms with Crippen LogP contribution in [0.3, 0.4) is 0 Å². The summed E-state index contributed by atoms with van der Waals surface area (Å²) < 4.78 is 1.99. The Morgan fingerprint density at radius 1 is 1.27 bits per heavy atom. The average molecular weight is 230 g/mol. The quantitative estimate of drug-likeness (QED) is 0.771. The van der Waals surface area contributed by atoms with Crippen LogP contribution in [0.1, 0.15) is 12.5 Å². The van der Waals surface area contributed by atoms with E-state index < -0.39 is 0 Å². The topological polar surface area (TPSA) is 46.0 Å². The third-order valence-electron chi connectivity index (χ3n) is 3.28. The van der Waals surface area contributed by atoms with Crippen LogP contribution < -0.4 is 5.32 Å². The van der Waals surface area contributed by atoms with Crippen molar-refractivity contribution in [3.05, 3.63) is 12.7 Å². The molecule has 0 bridgehead atoms. The zero-order valence-electron chi connectivity index (χ0n) is 8.54. The summed E-state index contributed by atoms with van der Waals surface area (Å²) in [7, 11) is 0. The molecule has 2 aliphatic heterocycles. The molecule has 0 saturated carbocycles. The van der Waals surface area contributed by atoms with Gasteiger partial charge in [0.2, 0.25) is 0 Å². The Morgan fingerprint density at radius 2 is 2.13 bits per heavy atom. The second kappa shape index (κ2) is 4.47. The van der Waals surface area contributed by atoms with E-state index in [2.05, 4.69) is 20.3 Å². The van der Waals surface area contributed by atoms with Crippen molar-refractivity contribution in [1.82, 2.24) is 25.0 Å². The van der Waals surface area contributed by atoms with Crippen LogP contribution in [0.2, 0.25) is 0 Å². The van der Waals surface area contributed by atoms with Gasteiger partial charge in [0.05, 0.1) is 6.04 Å². The fourth-order valence-corrected chi connectivity index (χ4v) is 2.25. The lowest BCUT2D eigenvalue weighted by Gasteiger charge is -2.35. The van der Waals surface area contributed by atoms with E-state index in [1.54, 1.807) is 6.33 Å². The Morgan fingerprint density at radius 3 is 2.73 bits per heavy atom. The number of hydrogen-bond donors (Lipinski definition) is 1. The number of nitrogens with zero attached hydrogens (tertiary/aromatic N) is 4. The van der Waals surface area contributed by atoms with Crippen LogP contribution in [0.4, 0.5) is 0 Å². The van der Waals surface area contributed by atoms with Gasteiger partial charge in [0.25, 0.3) is 0 Å². The molecule has 5 nitrogen and oxygen atoms in total. The molecule has 84 valence electrons. The minimum absolute atomic E-state index is 0. The monoisotopic (exact) mass is 229 g/mol. The summed E-state index contributed by atoms with van der Waals surface area (Å²) in [6.07, 6.45) is 4.65. The van der Waals surface area contributed by atoms with Crippen LogP contribution in [0.25, 0.3) is 0 Å². The van der Waals surface area contributed by atoms with Crippen LogP contribution in [0.15, 0.2) is 12.7 Å². The second-order valence-corrected chi connectivity index (χ2v) is 4.12. The third-order valence-corrected chi connectivity index (χ3v) is 3.28. The van der Waals surface area contributed by atoms with E-state index in [0.29, 0.717) is 6.04 Å². The first-order valence-electron chi connectivity index (χ1n) is 5.22. The molecule has 3 heterocycles. The van der Waals surface area contributed by atoms with E-state index in [-0.39, 0.29) is 12.4 Å². The Hall–Kier alpha value is -0.650. The van der Waals surface area contributed by atoms with E-state index in [0.717, 1.165) is 25.7 Å². The lowest BCUT2D eigenvalue weighted by molar-refractivity contribution is 0.173. The fraction of sp³-hybridized carbons (Fsp3) is 0.778. The predicted octanol–water partition coefficient (Wildman–Crippen LogP) is -0.0815. The largest absolute Gasteiger partial charge is 0.314 e. The zero-order chi connectivity index (χ0) is 9.38.